The maximum absolute atomic E-state index is 3.04. The predicted octanol–water partition coefficient (Wildman–Crippen LogP) is 2.48. The van der Waals surface area contributed by atoms with Crippen molar-refractivity contribution in [1.29, 1.82) is 0 Å². The van der Waals surface area contributed by atoms with E-state index >= 15 is 0 Å². The van der Waals surface area contributed by atoms with Crippen LogP contribution in [0.4, 0.5) is 0 Å². The molecule has 0 atom stereocenters. The summed E-state index contributed by atoms with van der Waals surface area (Å²) in [5.41, 5.74) is 2.62. The fourth-order valence-corrected chi connectivity index (χ4v) is 2.51. The molecule has 2 aromatic carbocycles. The normalized spacial score (nSPS) is 10.8. The fourth-order valence-electron chi connectivity index (χ4n) is 2.10. The van der Waals surface area contributed by atoms with E-state index in [1.807, 2.05) is 0 Å². The van der Waals surface area contributed by atoms with Gasteiger partial charge in [-0.05, 0) is 0 Å². The first-order valence-corrected chi connectivity index (χ1v) is 6.48. The Hall–Kier alpha value is -1.50. The van der Waals surface area contributed by atoms with E-state index in [9.17, 15) is 0 Å². The first kappa shape index (κ1) is 10.6. The van der Waals surface area contributed by atoms with Gasteiger partial charge in [-0.1, -0.05) is 0 Å². The summed E-state index contributed by atoms with van der Waals surface area (Å²) < 4.78 is 3.47. The molecule has 83 valence electrons. The Kier molecular flexibility index (Phi) is 2.76. The molecule has 0 amide bonds. The van der Waals surface area contributed by atoms with Gasteiger partial charge in [-0.25, -0.2) is 0 Å². The van der Waals surface area contributed by atoms with E-state index in [4.69, 9.17) is 0 Å². The molecule has 0 bridgehead atoms. The van der Waals surface area contributed by atoms with Gasteiger partial charge >= 0.3 is 109 Å². The SMILES string of the molecule is [Se]c1ccc2c(ccn2Cc2ccccc2)c1. The number of rotatable bonds is 2. The number of benzene rings is 2. The summed E-state index contributed by atoms with van der Waals surface area (Å²) in [6.45, 7) is 0.928. The van der Waals surface area contributed by atoms with Crippen molar-refractivity contribution in [2.24, 2.45) is 0 Å². The maximum atomic E-state index is 3.04. The minimum atomic E-state index is 0.928. The molecule has 3 rings (SSSR count). The molecule has 0 aliphatic heterocycles. The molecule has 1 heterocycles. The second kappa shape index (κ2) is 4.40. The average molecular weight is 285 g/mol. The molecule has 0 N–H and O–H groups in total. The van der Waals surface area contributed by atoms with Crippen LogP contribution in [0, 0.1) is 0 Å². The molecule has 17 heavy (non-hydrogen) atoms. The van der Waals surface area contributed by atoms with Crippen molar-refractivity contribution in [2.45, 2.75) is 6.54 Å². The summed E-state index contributed by atoms with van der Waals surface area (Å²) >= 11 is 3.04. The zero-order valence-corrected chi connectivity index (χ0v) is 11.0. The van der Waals surface area contributed by atoms with Crippen LogP contribution in [-0.4, -0.2) is 20.6 Å². The minimum absolute atomic E-state index is 0.928. The van der Waals surface area contributed by atoms with Crippen molar-refractivity contribution in [3.63, 3.8) is 0 Å². The van der Waals surface area contributed by atoms with E-state index in [-0.39, 0.29) is 0 Å². The summed E-state index contributed by atoms with van der Waals surface area (Å²) in [4.78, 5) is 0. The van der Waals surface area contributed by atoms with Crippen molar-refractivity contribution in [3.8, 4) is 0 Å². The molecule has 0 unspecified atom stereocenters. The van der Waals surface area contributed by atoms with E-state index in [0.717, 1.165) is 6.54 Å². The number of aromatic nitrogens is 1. The van der Waals surface area contributed by atoms with Crippen LogP contribution in [-0.2, 0) is 6.54 Å². The number of fused-ring (bicyclic) bond motifs is 1. The van der Waals surface area contributed by atoms with Gasteiger partial charge in [0.15, 0.2) is 0 Å². The molecule has 0 aliphatic carbocycles. The number of hydrogen-bond acceptors (Lipinski definition) is 0. The first-order chi connectivity index (χ1) is 8.33. The van der Waals surface area contributed by atoms with E-state index in [2.05, 4.69) is 81.4 Å². The Labute approximate surface area is 109 Å². The molecule has 1 aromatic heterocycles. The topological polar surface area (TPSA) is 4.93 Å². The van der Waals surface area contributed by atoms with Crippen molar-refractivity contribution in [2.75, 3.05) is 0 Å². The molecule has 0 saturated heterocycles. The third-order valence-corrected chi connectivity index (χ3v) is 3.47. The first-order valence-electron chi connectivity index (χ1n) is 5.63. The summed E-state index contributed by atoms with van der Waals surface area (Å²) in [5.74, 6) is 0. The third-order valence-electron chi connectivity index (χ3n) is 2.94. The predicted molar refractivity (Wildman–Crippen MR) is 72.9 cm³/mol. The van der Waals surface area contributed by atoms with Crippen molar-refractivity contribution in [1.82, 2.24) is 4.57 Å². The van der Waals surface area contributed by atoms with Gasteiger partial charge in [-0.2, -0.15) is 0 Å². The van der Waals surface area contributed by atoms with E-state index in [1.165, 1.54) is 20.9 Å². The molecular formula is C15H12NSe. The molecule has 1 radical (unpaired) electrons. The van der Waals surface area contributed by atoms with Crippen LogP contribution in [0.15, 0.2) is 60.8 Å². The van der Waals surface area contributed by atoms with Crippen LogP contribution in [0.1, 0.15) is 5.56 Å². The van der Waals surface area contributed by atoms with Crippen molar-refractivity contribution >= 4 is 31.4 Å². The Morgan fingerprint density at radius 1 is 0.941 bits per heavy atom. The Morgan fingerprint density at radius 2 is 1.76 bits per heavy atom. The Morgan fingerprint density at radius 3 is 2.59 bits per heavy atom. The van der Waals surface area contributed by atoms with Gasteiger partial charge in [0, 0.05) is 0 Å². The molecule has 0 spiro atoms. The van der Waals surface area contributed by atoms with Crippen LogP contribution < -0.4 is 4.46 Å². The van der Waals surface area contributed by atoms with Crippen LogP contribution in [0.5, 0.6) is 0 Å². The zero-order valence-electron chi connectivity index (χ0n) is 9.34. The quantitative estimate of drug-likeness (QED) is 0.638. The van der Waals surface area contributed by atoms with Gasteiger partial charge in [0.2, 0.25) is 0 Å². The second-order valence-corrected chi connectivity index (χ2v) is 5.14. The Bertz CT molecular complexity index is 640. The van der Waals surface area contributed by atoms with Crippen LogP contribution >= 0.6 is 0 Å². The monoisotopic (exact) mass is 286 g/mol. The molecular weight excluding hydrogens is 273 g/mol. The van der Waals surface area contributed by atoms with Gasteiger partial charge in [-0.3, -0.25) is 0 Å². The number of nitrogens with zero attached hydrogens (tertiary/aromatic N) is 1. The van der Waals surface area contributed by atoms with Gasteiger partial charge in [0.25, 0.3) is 0 Å². The van der Waals surface area contributed by atoms with Crippen LogP contribution in [0.2, 0.25) is 0 Å². The summed E-state index contributed by atoms with van der Waals surface area (Å²) in [6.07, 6.45) is 2.15. The van der Waals surface area contributed by atoms with Crippen LogP contribution in [0.25, 0.3) is 10.9 Å². The second-order valence-electron chi connectivity index (χ2n) is 4.15. The van der Waals surface area contributed by atoms with Gasteiger partial charge in [-0.15, -0.1) is 0 Å². The summed E-state index contributed by atoms with van der Waals surface area (Å²) in [5, 5.41) is 1.29. The fraction of sp³-hybridized carbons (Fsp3) is 0.0667. The standard InChI is InChI=1S/C15H12NSe/c17-14-6-7-15-13(10-14)8-9-16(15)11-12-4-2-1-3-5-12/h1-10H,11H2. The molecule has 0 aliphatic rings. The van der Waals surface area contributed by atoms with Crippen LogP contribution in [0.3, 0.4) is 0 Å². The van der Waals surface area contributed by atoms with Crippen molar-refractivity contribution in [3.05, 3.63) is 66.4 Å². The summed E-state index contributed by atoms with van der Waals surface area (Å²) in [6, 6.07) is 19.2. The van der Waals surface area contributed by atoms with E-state index in [1.54, 1.807) is 0 Å². The average Bonchev–Trinajstić information content (AvgIpc) is 2.73. The molecule has 1 nitrogen and oxygen atoms in total. The third kappa shape index (κ3) is 2.14. The zero-order chi connectivity index (χ0) is 11.7. The summed E-state index contributed by atoms with van der Waals surface area (Å²) in [7, 11) is 0. The van der Waals surface area contributed by atoms with Gasteiger partial charge in [0.1, 0.15) is 0 Å². The molecule has 0 fully saturated rings. The molecule has 2 heteroatoms. The van der Waals surface area contributed by atoms with E-state index in [0.29, 0.717) is 0 Å². The Balaban J connectivity index is 2.01. The van der Waals surface area contributed by atoms with Gasteiger partial charge in [0.05, 0.1) is 0 Å². The number of hydrogen-bond donors (Lipinski definition) is 0. The van der Waals surface area contributed by atoms with Crippen molar-refractivity contribution < 1.29 is 0 Å². The molecule has 0 saturated carbocycles. The van der Waals surface area contributed by atoms with Gasteiger partial charge < -0.3 is 0 Å². The molecule has 3 aromatic rings. The van der Waals surface area contributed by atoms with E-state index < -0.39 is 0 Å².